The first-order chi connectivity index (χ1) is 12.5. The molecule has 2 N–H and O–H groups in total. The number of hydrogen-bond donors (Lipinski definition) is 2. The molecule has 26 heavy (non-hydrogen) atoms. The molecule has 1 aliphatic heterocycles. The van der Waals surface area contributed by atoms with Crippen LogP contribution in [0.2, 0.25) is 0 Å². The molecule has 6 heteroatoms. The fourth-order valence-corrected chi connectivity index (χ4v) is 3.92. The van der Waals surface area contributed by atoms with Gasteiger partial charge in [0, 0.05) is 44.5 Å². The molecular formula is C20H31N3O3. The topological polar surface area (TPSA) is 65.0 Å². The Bertz CT molecular complexity index is 622. The number of nitrogens with zero attached hydrogens (tertiary/aromatic N) is 2. The molecule has 1 heterocycles. The van der Waals surface area contributed by atoms with Crippen molar-refractivity contribution >= 4 is 11.7 Å². The van der Waals surface area contributed by atoms with Gasteiger partial charge < -0.3 is 20.1 Å². The van der Waals surface area contributed by atoms with Gasteiger partial charge in [0.15, 0.2) is 0 Å². The van der Waals surface area contributed by atoms with Gasteiger partial charge in [-0.05, 0) is 62.3 Å². The maximum Gasteiger partial charge on any atom is 0.321 e. The summed E-state index contributed by atoms with van der Waals surface area (Å²) in [6.07, 6.45) is 3.36. The summed E-state index contributed by atoms with van der Waals surface area (Å²) in [6, 6.07) is 4.07. The Balaban J connectivity index is 1.62. The zero-order chi connectivity index (χ0) is 18.7. The lowest BCUT2D eigenvalue weighted by atomic mass is 10.1. The van der Waals surface area contributed by atoms with Crippen LogP contribution in [0, 0.1) is 19.8 Å². The molecule has 1 unspecified atom stereocenters. The maximum absolute atomic E-state index is 12.7. The van der Waals surface area contributed by atoms with Gasteiger partial charge in [-0.3, -0.25) is 4.90 Å². The molecule has 2 amide bonds. The fraction of sp³-hybridized carbons (Fsp3) is 0.650. The number of anilines is 1. The number of aryl methyl sites for hydroxylation is 2. The largest absolute Gasteiger partial charge is 0.496 e. The molecule has 1 atom stereocenters. The van der Waals surface area contributed by atoms with E-state index >= 15 is 0 Å². The molecule has 0 radical (unpaired) electrons. The Morgan fingerprint density at radius 3 is 2.54 bits per heavy atom. The van der Waals surface area contributed by atoms with E-state index in [0.29, 0.717) is 6.54 Å². The van der Waals surface area contributed by atoms with Gasteiger partial charge in [0.05, 0.1) is 7.11 Å². The predicted molar refractivity (Wildman–Crippen MR) is 103 cm³/mol. The summed E-state index contributed by atoms with van der Waals surface area (Å²) < 4.78 is 5.39. The van der Waals surface area contributed by atoms with E-state index in [2.05, 4.69) is 10.2 Å². The zero-order valence-electron chi connectivity index (χ0n) is 16.1. The molecular weight excluding hydrogens is 330 g/mol. The number of hydrogen-bond acceptors (Lipinski definition) is 4. The van der Waals surface area contributed by atoms with E-state index in [9.17, 15) is 9.90 Å². The number of aliphatic hydroxyl groups excluding tert-OH is 1. The van der Waals surface area contributed by atoms with Crippen LogP contribution in [0.5, 0.6) is 5.75 Å². The minimum atomic E-state index is -0.0667. The first-order valence-electron chi connectivity index (χ1n) is 9.58. The first kappa shape index (κ1) is 19.0. The summed E-state index contributed by atoms with van der Waals surface area (Å²) in [5.41, 5.74) is 2.82. The van der Waals surface area contributed by atoms with E-state index < -0.39 is 0 Å². The lowest BCUT2D eigenvalue weighted by Crippen LogP contribution is -2.56. The van der Waals surface area contributed by atoms with E-state index in [-0.39, 0.29) is 18.7 Å². The van der Waals surface area contributed by atoms with Gasteiger partial charge in [-0.25, -0.2) is 4.79 Å². The van der Waals surface area contributed by atoms with Crippen molar-refractivity contribution in [2.45, 2.75) is 39.2 Å². The number of urea groups is 1. The molecule has 1 aromatic rings. The number of rotatable bonds is 6. The van der Waals surface area contributed by atoms with Crippen LogP contribution in [-0.2, 0) is 0 Å². The SMILES string of the molecule is COc1c(C)cc(NC(=O)N2CCN(CC3CC3)C(CCO)C2)cc1C. The van der Waals surface area contributed by atoms with Crippen molar-refractivity contribution in [3.05, 3.63) is 23.3 Å². The standard InChI is InChI=1S/C20H31N3O3/c1-14-10-17(11-15(2)19(14)26-3)21-20(25)23-8-7-22(12-16-4-5-16)18(13-23)6-9-24/h10-11,16,18,24H,4-9,12-13H2,1-3H3,(H,21,25). The van der Waals surface area contributed by atoms with Crippen LogP contribution in [0.25, 0.3) is 0 Å². The summed E-state index contributed by atoms with van der Waals surface area (Å²) >= 11 is 0. The highest BCUT2D eigenvalue weighted by molar-refractivity contribution is 5.89. The van der Waals surface area contributed by atoms with Crippen molar-refractivity contribution in [2.24, 2.45) is 5.92 Å². The molecule has 2 aliphatic rings. The van der Waals surface area contributed by atoms with Crippen LogP contribution in [0.4, 0.5) is 10.5 Å². The smallest absolute Gasteiger partial charge is 0.321 e. The van der Waals surface area contributed by atoms with Crippen LogP contribution in [-0.4, -0.2) is 66.9 Å². The molecule has 1 aliphatic carbocycles. The normalized spacial score (nSPS) is 20.9. The molecule has 0 spiro atoms. The monoisotopic (exact) mass is 361 g/mol. The van der Waals surface area contributed by atoms with Crippen LogP contribution < -0.4 is 10.1 Å². The Morgan fingerprint density at radius 1 is 1.27 bits per heavy atom. The summed E-state index contributed by atoms with van der Waals surface area (Å²) in [4.78, 5) is 17.1. The fourth-order valence-electron chi connectivity index (χ4n) is 3.92. The van der Waals surface area contributed by atoms with Crippen LogP contribution >= 0.6 is 0 Å². The lowest BCUT2D eigenvalue weighted by Gasteiger charge is -2.41. The van der Waals surface area contributed by atoms with Crippen LogP contribution in [0.15, 0.2) is 12.1 Å². The number of nitrogens with one attached hydrogen (secondary N) is 1. The van der Waals surface area contributed by atoms with Gasteiger partial charge in [0.1, 0.15) is 5.75 Å². The van der Waals surface area contributed by atoms with Crippen molar-refractivity contribution < 1.29 is 14.6 Å². The molecule has 6 nitrogen and oxygen atoms in total. The van der Waals surface area contributed by atoms with Crippen LogP contribution in [0.1, 0.15) is 30.4 Å². The second-order valence-corrected chi connectivity index (χ2v) is 7.62. The van der Waals surface area contributed by atoms with Gasteiger partial charge in [0.25, 0.3) is 0 Å². The number of aliphatic hydroxyl groups is 1. The molecule has 2 fully saturated rings. The zero-order valence-corrected chi connectivity index (χ0v) is 16.1. The molecule has 1 aromatic carbocycles. The highest BCUT2D eigenvalue weighted by atomic mass is 16.5. The van der Waals surface area contributed by atoms with Gasteiger partial charge in [0.2, 0.25) is 0 Å². The number of carbonyl (C=O) groups is 1. The van der Waals surface area contributed by atoms with Crippen molar-refractivity contribution in [1.29, 1.82) is 0 Å². The molecule has 1 saturated carbocycles. The maximum atomic E-state index is 12.7. The van der Waals surface area contributed by atoms with Crippen molar-refractivity contribution in [3.63, 3.8) is 0 Å². The Morgan fingerprint density at radius 2 is 1.96 bits per heavy atom. The third-order valence-electron chi connectivity index (χ3n) is 5.46. The summed E-state index contributed by atoms with van der Waals surface area (Å²) in [6.45, 7) is 7.52. The first-order valence-corrected chi connectivity index (χ1v) is 9.58. The highest BCUT2D eigenvalue weighted by Gasteiger charge is 2.33. The van der Waals surface area contributed by atoms with Gasteiger partial charge in [-0.2, -0.15) is 0 Å². The Labute approximate surface area is 156 Å². The quantitative estimate of drug-likeness (QED) is 0.817. The Hall–Kier alpha value is -1.79. The number of ether oxygens (including phenoxy) is 1. The van der Waals surface area contributed by atoms with Gasteiger partial charge in [-0.15, -0.1) is 0 Å². The third kappa shape index (κ3) is 4.48. The number of piperazine rings is 1. The van der Waals surface area contributed by atoms with Crippen molar-refractivity contribution in [1.82, 2.24) is 9.80 Å². The second kappa shape index (κ2) is 8.27. The molecule has 0 aromatic heterocycles. The van der Waals surface area contributed by atoms with Gasteiger partial charge >= 0.3 is 6.03 Å². The van der Waals surface area contributed by atoms with E-state index in [4.69, 9.17) is 4.74 Å². The van der Waals surface area contributed by atoms with E-state index in [1.807, 2.05) is 30.9 Å². The van der Waals surface area contributed by atoms with E-state index in [0.717, 1.165) is 54.5 Å². The molecule has 0 bridgehead atoms. The number of amides is 2. The number of methoxy groups -OCH3 is 1. The summed E-state index contributed by atoms with van der Waals surface area (Å²) in [7, 11) is 1.66. The Kier molecular flexibility index (Phi) is 6.04. The average Bonchev–Trinajstić information content (AvgIpc) is 3.40. The highest BCUT2D eigenvalue weighted by Crippen LogP contribution is 2.31. The molecule has 1 saturated heterocycles. The van der Waals surface area contributed by atoms with E-state index in [1.165, 1.54) is 12.8 Å². The van der Waals surface area contributed by atoms with Crippen LogP contribution in [0.3, 0.4) is 0 Å². The second-order valence-electron chi connectivity index (χ2n) is 7.62. The predicted octanol–water partition coefficient (Wildman–Crippen LogP) is 2.62. The minimum Gasteiger partial charge on any atom is -0.496 e. The average molecular weight is 361 g/mol. The molecule has 144 valence electrons. The van der Waals surface area contributed by atoms with Gasteiger partial charge in [-0.1, -0.05) is 0 Å². The van der Waals surface area contributed by atoms with Crippen molar-refractivity contribution in [2.75, 3.05) is 45.2 Å². The lowest BCUT2D eigenvalue weighted by molar-refractivity contribution is 0.0739. The summed E-state index contributed by atoms with van der Waals surface area (Å²) in [5.74, 6) is 1.68. The number of carbonyl (C=O) groups excluding carboxylic acids is 1. The number of benzene rings is 1. The minimum absolute atomic E-state index is 0.0667. The molecule has 3 rings (SSSR count). The summed E-state index contributed by atoms with van der Waals surface area (Å²) in [5, 5.41) is 12.4. The third-order valence-corrected chi connectivity index (χ3v) is 5.46. The van der Waals surface area contributed by atoms with Crippen molar-refractivity contribution in [3.8, 4) is 5.75 Å². The van der Waals surface area contributed by atoms with E-state index in [1.54, 1.807) is 7.11 Å².